The Kier molecular flexibility index (Phi) is 8.72. The average Bonchev–Trinajstić information content (AvgIpc) is 3.26. The smallest absolute Gasteiger partial charge is 0.318 e. The van der Waals surface area contributed by atoms with Crippen LogP contribution in [0.4, 0.5) is 9.18 Å². The second-order valence-electron chi connectivity index (χ2n) is 8.89. The second-order valence-corrected chi connectivity index (χ2v) is 9.89. The van der Waals surface area contributed by atoms with Crippen LogP contribution in [0.1, 0.15) is 50.6 Å². The van der Waals surface area contributed by atoms with E-state index in [2.05, 4.69) is 19.2 Å². The summed E-state index contributed by atoms with van der Waals surface area (Å²) in [4.78, 5) is 30.9. The molecule has 2 atom stereocenters. The number of halogens is 1. The first kappa shape index (κ1) is 25.0. The highest BCUT2D eigenvalue weighted by Crippen LogP contribution is 2.34. The number of benzene rings is 1. The van der Waals surface area contributed by atoms with Crippen molar-refractivity contribution in [3.63, 3.8) is 0 Å². The molecular weight excluding hydrogens is 441 g/mol. The number of amides is 3. The van der Waals surface area contributed by atoms with Gasteiger partial charge < -0.3 is 19.9 Å². The summed E-state index contributed by atoms with van der Waals surface area (Å²) in [6.07, 6.45) is 1.68. The lowest BCUT2D eigenvalue weighted by Crippen LogP contribution is -2.51. The summed E-state index contributed by atoms with van der Waals surface area (Å²) >= 11 is 1.66. The van der Waals surface area contributed by atoms with Crippen LogP contribution in [-0.2, 0) is 11.2 Å². The van der Waals surface area contributed by atoms with Crippen LogP contribution in [0.2, 0.25) is 0 Å². The molecule has 0 saturated heterocycles. The third-order valence-electron chi connectivity index (χ3n) is 5.90. The fourth-order valence-corrected chi connectivity index (χ4v) is 4.85. The number of hydrogen-bond donors (Lipinski definition) is 1. The Hall–Kier alpha value is -2.61. The fraction of sp³-hybridized carbons (Fsp3) is 0.520. The van der Waals surface area contributed by atoms with Gasteiger partial charge in [0.2, 0.25) is 5.91 Å². The quantitative estimate of drug-likeness (QED) is 0.564. The van der Waals surface area contributed by atoms with Gasteiger partial charge in [-0.05, 0) is 55.3 Å². The van der Waals surface area contributed by atoms with Gasteiger partial charge in [0.05, 0.1) is 6.04 Å². The molecule has 0 aliphatic carbocycles. The van der Waals surface area contributed by atoms with Gasteiger partial charge in [0.15, 0.2) is 11.6 Å². The van der Waals surface area contributed by atoms with Crippen LogP contribution >= 0.6 is 11.3 Å². The SMILES string of the molecule is CC[C@@H](C)CN(CC(=O)N1CCc2sccc2[C@H]1COc1ccccc1F)C(=O)NC(C)C. The van der Waals surface area contributed by atoms with Gasteiger partial charge in [0.1, 0.15) is 13.2 Å². The van der Waals surface area contributed by atoms with E-state index < -0.39 is 5.82 Å². The van der Waals surface area contributed by atoms with Crippen LogP contribution in [0.25, 0.3) is 0 Å². The predicted octanol–water partition coefficient (Wildman–Crippen LogP) is 4.86. The Morgan fingerprint density at radius 2 is 2.03 bits per heavy atom. The van der Waals surface area contributed by atoms with Crippen molar-refractivity contribution in [2.24, 2.45) is 5.92 Å². The van der Waals surface area contributed by atoms with Crippen LogP contribution in [0.3, 0.4) is 0 Å². The zero-order chi connectivity index (χ0) is 24.0. The van der Waals surface area contributed by atoms with E-state index in [4.69, 9.17) is 4.74 Å². The van der Waals surface area contributed by atoms with Gasteiger partial charge in [0, 0.05) is 24.0 Å². The standard InChI is InChI=1S/C25H34FN3O3S/c1-5-18(4)14-28(25(31)27-17(2)3)15-24(30)29-12-10-23-19(11-13-33-23)21(29)16-32-22-9-7-6-8-20(22)26/h6-9,11,13,17-18,21H,5,10,12,14-16H2,1-4H3,(H,27,31)/t18-,21-/m1/s1. The summed E-state index contributed by atoms with van der Waals surface area (Å²) in [5.41, 5.74) is 1.04. The minimum atomic E-state index is -0.429. The van der Waals surface area contributed by atoms with Crippen LogP contribution in [-0.4, -0.2) is 54.0 Å². The summed E-state index contributed by atoms with van der Waals surface area (Å²) in [5, 5.41) is 4.92. The van der Waals surface area contributed by atoms with Crippen molar-refractivity contribution < 1.29 is 18.7 Å². The van der Waals surface area contributed by atoms with E-state index in [1.165, 1.54) is 10.9 Å². The Balaban J connectivity index is 1.78. The maximum atomic E-state index is 14.1. The van der Waals surface area contributed by atoms with E-state index in [1.807, 2.05) is 25.3 Å². The summed E-state index contributed by atoms with van der Waals surface area (Å²) < 4.78 is 19.9. The zero-order valence-electron chi connectivity index (χ0n) is 19.8. The molecule has 1 aliphatic heterocycles. The number of urea groups is 1. The highest BCUT2D eigenvalue weighted by Gasteiger charge is 2.34. The maximum absolute atomic E-state index is 14.1. The number of carbonyl (C=O) groups excluding carboxylic acids is 2. The van der Waals surface area contributed by atoms with Crippen molar-refractivity contribution in [3.8, 4) is 5.75 Å². The molecule has 3 rings (SSSR count). The molecule has 0 saturated carbocycles. The van der Waals surface area contributed by atoms with Crippen LogP contribution in [0, 0.1) is 11.7 Å². The first-order valence-electron chi connectivity index (χ1n) is 11.6. The molecule has 6 nitrogen and oxygen atoms in total. The average molecular weight is 476 g/mol. The molecule has 8 heteroatoms. The molecule has 1 aromatic heterocycles. The van der Waals surface area contributed by atoms with Gasteiger partial charge in [-0.15, -0.1) is 11.3 Å². The van der Waals surface area contributed by atoms with Gasteiger partial charge in [-0.1, -0.05) is 32.4 Å². The normalized spacial score (nSPS) is 16.3. The van der Waals surface area contributed by atoms with E-state index in [1.54, 1.807) is 39.3 Å². The lowest BCUT2D eigenvalue weighted by molar-refractivity contribution is -0.135. The first-order chi connectivity index (χ1) is 15.8. The van der Waals surface area contributed by atoms with E-state index in [9.17, 15) is 14.0 Å². The molecular formula is C25H34FN3O3S. The lowest BCUT2D eigenvalue weighted by atomic mass is 10.00. The zero-order valence-corrected chi connectivity index (χ0v) is 20.7. The maximum Gasteiger partial charge on any atom is 0.318 e. The van der Waals surface area contributed by atoms with Crippen molar-refractivity contribution in [3.05, 3.63) is 52.0 Å². The summed E-state index contributed by atoms with van der Waals surface area (Å²) in [6.45, 7) is 9.15. The molecule has 0 unspecified atom stereocenters. The molecule has 1 aromatic carbocycles. The fourth-order valence-electron chi connectivity index (χ4n) is 3.92. The molecule has 0 fully saturated rings. The number of para-hydroxylation sites is 1. The molecule has 33 heavy (non-hydrogen) atoms. The molecule has 180 valence electrons. The van der Waals surface area contributed by atoms with Gasteiger partial charge >= 0.3 is 6.03 Å². The predicted molar refractivity (Wildman–Crippen MR) is 129 cm³/mol. The van der Waals surface area contributed by atoms with Gasteiger partial charge in [-0.25, -0.2) is 9.18 Å². The van der Waals surface area contributed by atoms with Crippen LogP contribution in [0.5, 0.6) is 5.75 Å². The molecule has 0 bridgehead atoms. The molecule has 0 spiro atoms. The second kappa shape index (κ2) is 11.5. The lowest BCUT2D eigenvalue weighted by Gasteiger charge is -2.37. The van der Waals surface area contributed by atoms with E-state index in [0.29, 0.717) is 13.1 Å². The number of nitrogens with one attached hydrogen (secondary N) is 1. The minimum absolute atomic E-state index is 0.00143. The van der Waals surface area contributed by atoms with Crippen molar-refractivity contribution in [2.45, 2.75) is 52.6 Å². The number of nitrogens with zero attached hydrogens (tertiary/aromatic N) is 2. The van der Waals surface area contributed by atoms with Crippen molar-refractivity contribution in [1.82, 2.24) is 15.1 Å². The van der Waals surface area contributed by atoms with Crippen molar-refractivity contribution in [2.75, 3.05) is 26.2 Å². The molecule has 1 aliphatic rings. The summed E-state index contributed by atoms with van der Waals surface area (Å²) in [7, 11) is 0. The summed E-state index contributed by atoms with van der Waals surface area (Å²) in [5.74, 6) is -0.110. The van der Waals surface area contributed by atoms with Gasteiger partial charge in [-0.3, -0.25) is 4.79 Å². The van der Waals surface area contributed by atoms with Crippen molar-refractivity contribution in [1.29, 1.82) is 0 Å². The number of carbonyl (C=O) groups is 2. The van der Waals surface area contributed by atoms with Gasteiger partial charge in [0.25, 0.3) is 0 Å². The van der Waals surface area contributed by atoms with Crippen LogP contribution in [0.15, 0.2) is 35.7 Å². The third kappa shape index (κ3) is 6.47. The first-order valence-corrected chi connectivity index (χ1v) is 12.5. The number of fused-ring (bicyclic) bond motifs is 1. The molecule has 3 amide bonds. The monoisotopic (exact) mass is 475 g/mol. The third-order valence-corrected chi connectivity index (χ3v) is 6.90. The van der Waals surface area contributed by atoms with E-state index >= 15 is 0 Å². The van der Waals surface area contributed by atoms with Gasteiger partial charge in [-0.2, -0.15) is 0 Å². The van der Waals surface area contributed by atoms with E-state index in [-0.39, 0.29) is 48.8 Å². The highest BCUT2D eigenvalue weighted by atomic mass is 32.1. The highest BCUT2D eigenvalue weighted by molar-refractivity contribution is 7.10. The van der Waals surface area contributed by atoms with E-state index in [0.717, 1.165) is 18.4 Å². The Morgan fingerprint density at radius 1 is 1.27 bits per heavy atom. The Bertz CT molecular complexity index is 948. The Morgan fingerprint density at radius 3 is 2.73 bits per heavy atom. The topological polar surface area (TPSA) is 61.9 Å². The molecule has 1 N–H and O–H groups in total. The summed E-state index contributed by atoms with van der Waals surface area (Å²) in [6, 6.07) is 7.71. The molecule has 2 heterocycles. The number of thiophene rings is 1. The number of ether oxygens (including phenoxy) is 1. The molecule has 2 aromatic rings. The largest absolute Gasteiger partial charge is 0.488 e. The number of rotatable bonds is 9. The number of hydrogen-bond acceptors (Lipinski definition) is 4. The molecule has 0 radical (unpaired) electrons. The van der Waals surface area contributed by atoms with Crippen molar-refractivity contribution >= 4 is 23.3 Å². The minimum Gasteiger partial charge on any atom is -0.488 e. The Labute approximate surface area is 199 Å². The van der Waals surface area contributed by atoms with Crippen LogP contribution < -0.4 is 10.1 Å².